The highest BCUT2D eigenvalue weighted by molar-refractivity contribution is 8.13. The Labute approximate surface area is 337 Å². The lowest BCUT2D eigenvalue weighted by Crippen LogP contribution is -2.48. The molecule has 0 saturated carbocycles. The number of alkyl carbamates (subject to hydrolysis) is 1. The van der Waals surface area contributed by atoms with Crippen LogP contribution in [0.25, 0.3) is 0 Å². The monoisotopic (exact) mass is 824 g/mol. The van der Waals surface area contributed by atoms with E-state index in [0.29, 0.717) is 23.6 Å². The van der Waals surface area contributed by atoms with E-state index in [4.69, 9.17) is 14.2 Å². The van der Waals surface area contributed by atoms with E-state index in [2.05, 4.69) is 47.5 Å². The molecule has 55 heavy (non-hydrogen) atoms. The summed E-state index contributed by atoms with van der Waals surface area (Å²) < 4.78 is 16.5. The Morgan fingerprint density at radius 1 is 1.04 bits per heavy atom. The second-order valence-corrected chi connectivity index (χ2v) is 23.4. The summed E-state index contributed by atoms with van der Waals surface area (Å²) in [5, 5.41) is 9.87. The van der Waals surface area contributed by atoms with E-state index in [1.807, 2.05) is 0 Å². The maximum Gasteiger partial charge on any atom is 0.408 e. The van der Waals surface area contributed by atoms with Crippen LogP contribution in [0.1, 0.15) is 115 Å². The Balaban J connectivity index is 2.91. The number of allylic oxidation sites excluding steroid dienone is 2. The summed E-state index contributed by atoms with van der Waals surface area (Å²) >= 11 is 2.42. The second-order valence-electron chi connectivity index (χ2n) is 15.6. The van der Waals surface area contributed by atoms with Crippen LogP contribution in [0.5, 0.6) is 0 Å². The quantitative estimate of drug-likeness (QED) is 0.0232. The van der Waals surface area contributed by atoms with Gasteiger partial charge in [0.25, 0.3) is 11.8 Å². The van der Waals surface area contributed by atoms with Crippen LogP contribution in [0, 0.1) is 5.92 Å². The van der Waals surface area contributed by atoms with Crippen LogP contribution in [0.3, 0.4) is 0 Å². The number of thioether (sulfide) groups is 1. The molecule has 3 amide bonds. The molecule has 1 heterocycles. The van der Waals surface area contributed by atoms with Crippen molar-refractivity contribution in [3.8, 4) is 0 Å². The third kappa shape index (κ3) is 23.2. The van der Waals surface area contributed by atoms with E-state index in [9.17, 15) is 28.8 Å². The lowest BCUT2D eigenvalue weighted by atomic mass is 10.0. The zero-order valence-corrected chi connectivity index (χ0v) is 37.1. The molecule has 0 aliphatic carbocycles. The van der Waals surface area contributed by atoms with Gasteiger partial charge in [0.15, 0.2) is 5.12 Å². The second kappa shape index (κ2) is 25.6. The SMILES string of the molecule is CC=C(NC(=O)c1csc(CNC(=O)OC(C)(C)C)n1)C(=O)N[C@H](C(=O)O[C@H](C=CCCSC(=O)CCCCCCC)CC(=O)OCC[Si](C)(C)C)C(C)C. The van der Waals surface area contributed by atoms with Crippen LogP contribution < -0.4 is 16.0 Å². The van der Waals surface area contributed by atoms with Gasteiger partial charge in [0.05, 0.1) is 19.6 Å². The van der Waals surface area contributed by atoms with Gasteiger partial charge in [-0.05, 0) is 58.6 Å². The molecule has 0 aliphatic rings. The van der Waals surface area contributed by atoms with Gasteiger partial charge in [-0.1, -0.05) is 90.0 Å². The van der Waals surface area contributed by atoms with Gasteiger partial charge >= 0.3 is 18.0 Å². The molecule has 0 aliphatic heterocycles. The zero-order chi connectivity index (χ0) is 41.6. The van der Waals surface area contributed by atoms with Gasteiger partial charge in [0.2, 0.25) is 0 Å². The van der Waals surface area contributed by atoms with Crippen molar-refractivity contribution in [3.63, 3.8) is 0 Å². The standard InChI is InChI=1S/C39H64N4O9S2Si/c1-11-13-14-15-16-20-33(45)53-22-18-17-19-28(24-32(44)50-21-23-55(8,9)10)51-37(48)34(27(3)4)43-35(46)29(12-2)42-36(47)30-26-54-31(41-30)25-40-38(49)52-39(5,6)7/h12,17,19,26-28,34H,11,13-16,18,20-25H2,1-10H3,(H,40,49)(H,42,47)(H,43,46)/t28-,34+/m1/s1. The highest BCUT2D eigenvalue weighted by Crippen LogP contribution is 2.16. The molecule has 0 bridgehead atoms. The summed E-state index contributed by atoms with van der Waals surface area (Å²) in [6.45, 7) is 19.3. The van der Waals surface area contributed by atoms with E-state index in [1.165, 1.54) is 29.6 Å². The van der Waals surface area contributed by atoms with Gasteiger partial charge in [-0.25, -0.2) is 14.6 Å². The predicted molar refractivity (Wildman–Crippen MR) is 221 cm³/mol. The molecule has 1 aromatic heterocycles. The number of nitrogens with zero attached hydrogens (tertiary/aromatic N) is 1. The number of unbranched alkanes of at least 4 members (excludes halogenated alkanes) is 4. The first kappa shape index (κ1) is 49.5. The number of rotatable bonds is 24. The molecule has 310 valence electrons. The Hall–Kier alpha value is -3.50. The highest BCUT2D eigenvalue weighted by atomic mass is 32.2. The Morgan fingerprint density at radius 2 is 1.73 bits per heavy atom. The number of hydrogen-bond donors (Lipinski definition) is 3. The number of ether oxygens (including phenoxy) is 3. The molecule has 0 unspecified atom stereocenters. The minimum atomic E-state index is -1.44. The molecule has 1 aromatic rings. The fourth-order valence-corrected chi connectivity index (χ4v) is 6.82. The van der Waals surface area contributed by atoms with Crippen molar-refractivity contribution >= 4 is 66.1 Å². The molecule has 0 fully saturated rings. The minimum Gasteiger partial charge on any atom is -0.466 e. The normalized spacial score (nSPS) is 13.3. The summed E-state index contributed by atoms with van der Waals surface area (Å²) in [5.74, 6) is -2.51. The molecule has 3 N–H and O–H groups in total. The number of hydrogen-bond acceptors (Lipinski definition) is 12. The van der Waals surface area contributed by atoms with Crippen molar-refractivity contribution in [2.75, 3.05) is 12.4 Å². The maximum absolute atomic E-state index is 13.5. The molecule has 0 spiro atoms. The number of carbonyl (C=O) groups excluding carboxylic acids is 6. The van der Waals surface area contributed by atoms with Crippen LogP contribution in [0.4, 0.5) is 4.79 Å². The smallest absolute Gasteiger partial charge is 0.408 e. The van der Waals surface area contributed by atoms with E-state index in [0.717, 1.165) is 43.1 Å². The van der Waals surface area contributed by atoms with E-state index in [-0.39, 0.29) is 36.1 Å². The fraction of sp³-hybridized carbons (Fsp3) is 0.667. The van der Waals surface area contributed by atoms with Gasteiger partial charge in [-0.3, -0.25) is 19.2 Å². The van der Waals surface area contributed by atoms with Crippen LogP contribution in [-0.4, -0.2) is 78.1 Å². The molecule has 2 atom stereocenters. The first-order valence-electron chi connectivity index (χ1n) is 19.1. The summed E-state index contributed by atoms with van der Waals surface area (Å²) in [6, 6.07) is -0.322. The molecule has 0 radical (unpaired) electrons. The van der Waals surface area contributed by atoms with Crippen LogP contribution >= 0.6 is 23.1 Å². The summed E-state index contributed by atoms with van der Waals surface area (Å²) in [6.07, 6.45) is 9.48. The topological polar surface area (TPSA) is 179 Å². The van der Waals surface area contributed by atoms with Gasteiger partial charge in [0.1, 0.15) is 34.1 Å². The van der Waals surface area contributed by atoms with Crippen LogP contribution in [-0.2, 0) is 39.9 Å². The van der Waals surface area contributed by atoms with Crippen molar-refractivity contribution in [1.29, 1.82) is 0 Å². The van der Waals surface area contributed by atoms with E-state index >= 15 is 0 Å². The van der Waals surface area contributed by atoms with Crippen molar-refractivity contribution in [2.24, 2.45) is 5.92 Å². The van der Waals surface area contributed by atoms with Gasteiger partial charge in [0, 0.05) is 25.6 Å². The largest absolute Gasteiger partial charge is 0.466 e. The summed E-state index contributed by atoms with van der Waals surface area (Å²) in [7, 11) is -1.44. The Morgan fingerprint density at radius 3 is 2.35 bits per heavy atom. The Bertz CT molecular complexity index is 1470. The fourth-order valence-electron chi connectivity index (χ4n) is 4.62. The number of thiazole rings is 1. The van der Waals surface area contributed by atoms with Crippen LogP contribution in [0.2, 0.25) is 25.7 Å². The summed E-state index contributed by atoms with van der Waals surface area (Å²) in [5.41, 5.74) is -0.739. The molecule has 1 rings (SSSR count). The molecule has 0 aromatic carbocycles. The average Bonchev–Trinajstić information content (AvgIpc) is 3.56. The van der Waals surface area contributed by atoms with Crippen LogP contribution in [0.15, 0.2) is 29.3 Å². The molecule has 13 nitrogen and oxygen atoms in total. The number of aromatic nitrogens is 1. The molecular weight excluding hydrogens is 761 g/mol. The number of esters is 2. The Kier molecular flexibility index (Phi) is 23.1. The molecule has 0 saturated heterocycles. The van der Waals surface area contributed by atoms with Crippen molar-refractivity contribution in [1.82, 2.24) is 20.9 Å². The number of carbonyl (C=O) groups is 6. The average molecular weight is 825 g/mol. The van der Waals surface area contributed by atoms with E-state index < -0.39 is 61.6 Å². The predicted octanol–water partition coefficient (Wildman–Crippen LogP) is 7.69. The van der Waals surface area contributed by atoms with Gasteiger partial charge < -0.3 is 30.2 Å². The van der Waals surface area contributed by atoms with Crippen molar-refractivity contribution in [2.45, 2.75) is 150 Å². The first-order chi connectivity index (χ1) is 25.7. The van der Waals surface area contributed by atoms with E-state index in [1.54, 1.807) is 53.7 Å². The summed E-state index contributed by atoms with van der Waals surface area (Å²) in [4.78, 5) is 81.1. The zero-order valence-electron chi connectivity index (χ0n) is 34.5. The lowest BCUT2D eigenvalue weighted by Gasteiger charge is -2.24. The van der Waals surface area contributed by atoms with Gasteiger partial charge in [-0.2, -0.15) is 0 Å². The highest BCUT2D eigenvalue weighted by Gasteiger charge is 2.30. The molecule has 16 heteroatoms. The van der Waals surface area contributed by atoms with Crippen molar-refractivity contribution in [3.05, 3.63) is 40.0 Å². The number of nitrogens with one attached hydrogen (secondary N) is 3. The number of amides is 3. The third-order valence-electron chi connectivity index (χ3n) is 7.69. The first-order valence-corrected chi connectivity index (χ1v) is 24.7. The van der Waals surface area contributed by atoms with Crippen molar-refractivity contribution < 1.29 is 43.0 Å². The minimum absolute atomic E-state index is 0.0366. The maximum atomic E-state index is 13.5. The lowest BCUT2D eigenvalue weighted by molar-refractivity contribution is -0.156. The molecular formula is C39H64N4O9S2Si. The van der Waals surface area contributed by atoms with Gasteiger partial charge in [-0.15, -0.1) is 11.3 Å². The third-order valence-corrected chi connectivity index (χ3v) is 11.2.